The Morgan fingerprint density at radius 1 is 1.17 bits per heavy atom. The number of carbonyl (C=O) groups is 1. The largest absolute Gasteiger partial charge is 0.478 e. The van der Waals surface area contributed by atoms with E-state index in [-0.39, 0.29) is 0 Å². The fourth-order valence-electron chi connectivity index (χ4n) is 4.83. The van der Waals surface area contributed by atoms with Crippen molar-refractivity contribution >= 4 is 5.97 Å². The topological polar surface area (TPSA) is 57.5 Å². The molecule has 4 bridgehead atoms. The first-order chi connectivity index (χ1) is 8.57. The third-order valence-corrected chi connectivity index (χ3v) is 4.98. The van der Waals surface area contributed by atoms with Crippen LogP contribution in [0.3, 0.4) is 0 Å². The first kappa shape index (κ1) is 13.6. The first-order valence-corrected chi connectivity index (χ1v) is 7.03. The molecule has 0 aromatic rings. The van der Waals surface area contributed by atoms with Crippen molar-refractivity contribution in [1.82, 2.24) is 0 Å². The molecule has 0 heterocycles. The molecule has 0 saturated heterocycles. The van der Waals surface area contributed by atoms with Crippen LogP contribution >= 0.6 is 0 Å². The molecule has 3 nitrogen and oxygen atoms in total. The Morgan fingerprint density at radius 2 is 1.56 bits per heavy atom. The maximum Gasteiger partial charge on any atom is 0.327 e. The summed E-state index contributed by atoms with van der Waals surface area (Å²) < 4.78 is 0. The average molecular weight is 252 g/mol. The van der Waals surface area contributed by atoms with Gasteiger partial charge in [-0.3, -0.25) is 0 Å². The molecule has 0 aromatic heterocycles. The molecule has 0 aliphatic heterocycles. The van der Waals surface area contributed by atoms with Gasteiger partial charge in [0.2, 0.25) is 0 Å². The highest BCUT2D eigenvalue weighted by Crippen LogP contribution is 2.61. The van der Waals surface area contributed by atoms with Gasteiger partial charge in [0.15, 0.2) is 0 Å². The van der Waals surface area contributed by atoms with Crippen molar-refractivity contribution in [1.29, 1.82) is 0 Å². The molecule has 18 heavy (non-hydrogen) atoms. The van der Waals surface area contributed by atoms with Gasteiger partial charge in [-0.05, 0) is 68.1 Å². The van der Waals surface area contributed by atoms with Crippen LogP contribution in [-0.2, 0) is 4.79 Å². The Balaban J connectivity index is 0.000000209. The molecule has 4 rings (SSSR count). The monoisotopic (exact) mass is 252 g/mol. The lowest BCUT2D eigenvalue weighted by Gasteiger charge is -2.57. The van der Waals surface area contributed by atoms with Crippen LogP contribution in [0.5, 0.6) is 0 Å². The standard InChI is InChI=1S/C12H20O.C3H4O2/c13-2-1-12-6-9-3-10(7-12)5-11(4-9)8-12;1-2-3(4)5/h9-11,13H,1-8H2;2H,1H2,(H,4,5). The zero-order valence-electron chi connectivity index (χ0n) is 11.0. The van der Waals surface area contributed by atoms with Crippen molar-refractivity contribution in [2.75, 3.05) is 6.61 Å². The number of aliphatic hydroxyl groups is 1. The summed E-state index contributed by atoms with van der Waals surface area (Å²) in [5, 5.41) is 16.7. The van der Waals surface area contributed by atoms with Crippen molar-refractivity contribution in [2.24, 2.45) is 23.2 Å². The Hall–Kier alpha value is -0.830. The fraction of sp³-hybridized carbons (Fsp3) is 0.800. The molecule has 0 amide bonds. The van der Waals surface area contributed by atoms with E-state index in [2.05, 4.69) is 6.58 Å². The Kier molecular flexibility index (Phi) is 4.10. The predicted octanol–water partition coefficient (Wildman–Crippen LogP) is 2.84. The molecule has 4 aliphatic carbocycles. The molecule has 0 unspecified atom stereocenters. The average Bonchev–Trinajstić information content (AvgIpc) is 2.27. The zero-order chi connectivity index (χ0) is 13.2. The van der Waals surface area contributed by atoms with E-state index in [9.17, 15) is 4.79 Å². The van der Waals surface area contributed by atoms with Crippen LogP contribution in [0.4, 0.5) is 0 Å². The molecule has 102 valence electrons. The summed E-state index contributed by atoms with van der Waals surface area (Å²) in [7, 11) is 0. The van der Waals surface area contributed by atoms with Gasteiger partial charge in [-0.2, -0.15) is 0 Å². The van der Waals surface area contributed by atoms with Gasteiger partial charge in [-0.15, -0.1) is 0 Å². The lowest BCUT2D eigenvalue weighted by molar-refractivity contribution is -0.131. The van der Waals surface area contributed by atoms with Crippen LogP contribution in [0, 0.1) is 23.2 Å². The second-order valence-corrected chi connectivity index (χ2v) is 6.43. The molecule has 0 spiro atoms. The van der Waals surface area contributed by atoms with Gasteiger partial charge in [0.05, 0.1) is 0 Å². The van der Waals surface area contributed by atoms with Crippen LogP contribution in [0.15, 0.2) is 12.7 Å². The number of carboxylic acid groups (broad SMARTS) is 1. The molecule has 4 aliphatic rings. The van der Waals surface area contributed by atoms with Crippen LogP contribution in [0.2, 0.25) is 0 Å². The molecule has 4 saturated carbocycles. The quantitative estimate of drug-likeness (QED) is 0.759. The molecular weight excluding hydrogens is 228 g/mol. The Labute approximate surface area is 109 Å². The van der Waals surface area contributed by atoms with Gasteiger partial charge in [0.1, 0.15) is 0 Å². The van der Waals surface area contributed by atoms with Gasteiger partial charge in [0.25, 0.3) is 0 Å². The smallest absolute Gasteiger partial charge is 0.327 e. The van der Waals surface area contributed by atoms with E-state index in [4.69, 9.17) is 10.2 Å². The second-order valence-electron chi connectivity index (χ2n) is 6.43. The summed E-state index contributed by atoms with van der Waals surface area (Å²) in [5.74, 6) is 2.14. The highest BCUT2D eigenvalue weighted by molar-refractivity contribution is 5.78. The number of aliphatic carboxylic acids is 1. The summed E-state index contributed by atoms with van der Waals surface area (Å²) >= 11 is 0. The Morgan fingerprint density at radius 3 is 1.83 bits per heavy atom. The maximum absolute atomic E-state index is 9.25. The number of hydrogen-bond donors (Lipinski definition) is 2. The summed E-state index contributed by atoms with van der Waals surface area (Å²) in [6.07, 6.45) is 10.8. The Bertz CT molecular complexity index is 286. The molecule has 2 N–H and O–H groups in total. The van der Waals surface area contributed by atoms with E-state index in [0.717, 1.165) is 30.3 Å². The van der Waals surface area contributed by atoms with Crippen LogP contribution in [0.1, 0.15) is 44.9 Å². The third kappa shape index (κ3) is 2.94. The number of carboxylic acids is 1. The highest BCUT2D eigenvalue weighted by atomic mass is 16.4. The van der Waals surface area contributed by atoms with Crippen molar-refractivity contribution in [3.05, 3.63) is 12.7 Å². The fourth-order valence-corrected chi connectivity index (χ4v) is 4.83. The summed E-state index contributed by atoms with van der Waals surface area (Å²) in [5.41, 5.74) is 0.601. The van der Waals surface area contributed by atoms with E-state index >= 15 is 0 Å². The van der Waals surface area contributed by atoms with Gasteiger partial charge < -0.3 is 10.2 Å². The second kappa shape index (κ2) is 5.43. The van der Waals surface area contributed by atoms with Crippen molar-refractivity contribution in [2.45, 2.75) is 44.9 Å². The molecule has 0 aromatic carbocycles. The normalized spacial score (nSPS) is 39.9. The number of hydrogen-bond acceptors (Lipinski definition) is 2. The number of aliphatic hydroxyl groups excluding tert-OH is 1. The van der Waals surface area contributed by atoms with Crippen LogP contribution in [-0.4, -0.2) is 22.8 Å². The molecule has 3 heteroatoms. The van der Waals surface area contributed by atoms with Crippen LogP contribution in [0.25, 0.3) is 0 Å². The lowest BCUT2D eigenvalue weighted by Crippen LogP contribution is -2.46. The minimum absolute atomic E-state index is 0.423. The summed E-state index contributed by atoms with van der Waals surface area (Å²) in [4.78, 5) is 9.25. The predicted molar refractivity (Wildman–Crippen MR) is 70.1 cm³/mol. The third-order valence-electron chi connectivity index (χ3n) is 4.98. The maximum atomic E-state index is 9.25. The highest BCUT2D eigenvalue weighted by Gasteiger charge is 2.50. The van der Waals surface area contributed by atoms with Gasteiger partial charge in [0, 0.05) is 12.7 Å². The minimum Gasteiger partial charge on any atom is -0.478 e. The van der Waals surface area contributed by atoms with E-state index < -0.39 is 5.97 Å². The number of rotatable bonds is 3. The van der Waals surface area contributed by atoms with Crippen molar-refractivity contribution in [3.63, 3.8) is 0 Å². The molecule has 0 atom stereocenters. The lowest BCUT2D eigenvalue weighted by atomic mass is 9.49. The van der Waals surface area contributed by atoms with E-state index in [1.54, 1.807) is 0 Å². The zero-order valence-corrected chi connectivity index (χ0v) is 11.0. The van der Waals surface area contributed by atoms with Gasteiger partial charge in [-0.1, -0.05) is 6.58 Å². The van der Waals surface area contributed by atoms with Crippen LogP contribution < -0.4 is 0 Å². The van der Waals surface area contributed by atoms with E-state index in [1.165, 1.54) is 38.5 Å². The van der Waals surface area contributed by atoms with E-state index in [0.29, 0.717) is 12.0 Å². The molecule has 4 fully saturated rings. The van der Waals surface area contributed by atoms with Crippen molar-refractivity contribution in [3.8, 4) is 0 Å². The SMILES string of the molecule is C=CC(=O)O.OCCC12CC3CC(CC(C3)C1)C2. The summed E-state index contributed by atoms with van der Waals surface area (Å²) in [6.45, 7) is 3.38. The molecular formula is C15H24O3. The summed E-state index contributed by atoms with van der Waals surface area (Å²) in [6, 6.07) is 0. The molecule has 0 radical (unpaired) electrons. The first-order valence-electron chi connectivity index (χ1n) is 7.03. The van der Waals surface area contributed by atoms with E-state index in [1.807, 2.05) is 0 Å². The minimum atomic E-state index is -0.981. The van der Waals surface area contributed by atoms with Crippen molar-refractivity contribution < 1.29 is 15.0 Å². The van der Waals surface area contributed by atoms with Gasteiger partial charge >= 0.3 is 5.97 Å². The van der Waals surface area contributed by atoms with Gasteiger partial charge in [-0.25, -0.2) is 4.79 Å².